The first kappa shape index (κ1) is 21.1. The number of aryl methyl sites for hydroxylation is 2. The molecule has 0 fully saturated rings. The molecule has 0 spiro atoms. The van der Waals surface area contributed by atoms with Gasteiger partial charge in [-0.3, -0.25) is 9.59 Å². The van der Waals surface area contributed by atoms with Crippen molar-refractivity contribution in [3.8, 4) is 0 Å². The number of carbonyl (C=O) groups excluding carboxylic acids is 2. The molecule has 0 radical (unpaired) electrons. The fourth-order valence-corrected chi connectivity index (χ4v) is 3.54. The number of nitrogens with two attached hydrogens (primary N) is 1. The molecule has 2 aliphatic carbocycles. The standard InChI is InChI=1S/C11H13NO.C9H11N.C2H3ClO/c1-8(13)12-11-7-6-9-4-2-3-5-10(9)11;10-9-6-5-7-3-1-2-4-8(7)9;1-2(3)4/h2-5,11H,6-7H2,1H3,(H,12,13);1-4,9H,5-6,10H2;1H3. The molecule has 0 heterocycles. The molecule has 0 saturated carbocycles. The van der Waals surface area contributed by atoms with Crippen molar-refractivity contribution in [2.24, 2.45) is 5.73 Å². The first-order valence-corrected chi connectivity index (χ1v) is 9.60. The summed E-state index contributed by atoms with van der Waals surface area (Å²) in [6, 6.07) is 17.3. The Labute approximate surface area is 166 Å². The van der Waals surface area contributed by atoms with E-state index in [1.165, 1.54) is 29.2 Å². The number of rotatable bonds is 1. The molecule has 0 aliphatic heterocycles. The fraction of sp³-hybridized carbons (Fsp3) is 0.364. The lowest BCUT2D eigenvalue weighted by Gasteiger charge is -2.11. The highest BCUT2D eigenvalue weighted by molar-refractivity contribution is 6.62. The Kier molecular flexibility index (Phi) is 8.01. The number of carbonyl (C=O) groups is 2. The van der Waals surface area contributed by atoms with Gasteiger partial charge in [-0.25, -0.2) is 0 Å². The lowest BCUT2D eigenvalue weighted by Crippen LogP contribution is -2.23. The summed E-state index contributed by atoms with van der Waals surface area (Å²) in [5, 5.41) is 2.60. The van der Waals surface area contributed by atoms with Crippen molar-refractivity contribution in [2.45, 2.75) is 51.6 Å². The smallest absolute Gasteiger partial charge is 0.218 e. The number of halogens is 1. The van der Waals surface area contributed by atoms with Crippen LogP contribution in [0.5, 0.6) is 0 Å². The normalized spacial score (nSPS) is 18.8. The third-order valence-corrected chi connectivity index (χ3v) is 4.69. The van der Waals surface area contributed by atoms with E-state index in [1.54, 1.807) is 6.92 Å². The van der Waals surface area contributed by atoms with E-state index in [2.05, 4.69) is 59.4 Å². The van der Waals surface area contributed by atoms with E-state index in [9.17, 15) is 9.59 Å². The predicted octanol–water partition coefficient (Wildman–Crippen LogP) is 4.21. The second-order valence-corrected chi connectivity index (χ2v) is 7.34. The third-order valence-electron chi connectivity index (χ3n) is 4.69. The van der Waals surface area contributed by atoms with Crippen LogP contribution in [0.1, 0.15) is 61.0 Å². The van der Waals surface area contributed by atoms with Gasteiger partial charge in [0.15, 0.2) is 0 Å². The number of amides is 1. The van der Waals surface area contributed by atoms with Crippen molar-refractivity contribution in [3.05, 3.63) is 70.8 Å². The summed E-state index contributed by atoms with van der Waals surface area (Å²) >= 11 is 4.64. The summed E-state index contributed by atoms with van der Waals surface area (Å²) in [5.41, 5.74) is 11.3. The van der Waals surface area contributed by atoms with E-state index in [1.807, 2.05) is 6.07 Å². The van der Waals surface area contributed by atoms with Crippen LogP contribution < -0.4 is 11.1 Å². The predicted molar refractivity (Wildman–Crippen MR) is 110 cm³/mol. The second-order valence-electron chi connectivity index (χ2n) is 6.80. The summed E-state index contributed by atoms with van der Waals surface area (Å²) in [6.45, 7) is 2.86. The molecule has 1 amide bonds. The zero-order chi connectivity index (χ0) is 19.8. The van der Waals surface area contributed by atoms with E-state index in [0.29, 0.717) is 6.04 Å². The van der Waals surface area contributed by atoms with E-state index in [0.717, 1.165) is 25.7 Å². The lowest BCUT2D eigenvalue weighted by atomic mass is 10.1. The highest BCUT2D eigenvalue weighted by Crippen LogP contribution is 2.30. The molecule has 2 unspecified atom stereocenters. The van der Waals surface area contributed by atoms with Gasteiger partial charge in [0.25, 0.3) is 0 Å². The number of hydrogen-bond acceptors (Lipinski definition) is 3. The van der Waals surface area contributed by atoms with Crippen LogP contribution in [-0.4, -0.2) is 11.1 Å². The molecule has 3 N–H and O–H groups in total. The summed E-state index contributed by atoms with van der Waals surface area (Å²) in [7, 11) is 0. The molecule has 4 rings (SSSR count). The minimum atomic E-state index is -0.361. The van der Waals surface area contributed by atoms with Gasteiger partial charge in [0.1, 0.15) is 0 Å². The van der Waals surface area contributed by atoms with Gasteiger partial charge in [0, 0.05) is 19.9 Å². The Hall–Kier alpha value is -2.17. The number of nitrogens with one attached hydrogen (secondary N) is 1. The highest BCUT2D eigenvalue weighted by Gasteiger charge is 2.21. The van der Waals surface area contributed by atoms with Crippen molar-refractivity contribution in [3.63, 3.8) is 0 Å². The largest absolute Gasteiger partial charge is 0.350 e. The molecule has 144 valence electrons. The Balaban J connectivity index is 0.000000166. The average Bonchev–Trinajstić information content (AvgIpc) is 3.20. The number of hydrogen-bond donors (Lipinski definition) is 2. The van der Waals surface area contributed by atoms with Gasteiger partial charge in [0.2, 0.25) is 11.1 Å². The average molecular weight is 387 g/mol. The van der Waals surface area contributed by atoms with Crippen molar-refractivity contribution in [2.75, 3.05) is 0 Å². The van der Waals surface area contributed by atoms with Crippen LogP contribution in [-0.2, 0) is 22.4 Å². The first-order chi connectivity index (χ1) is 12.9. The minimum absolute atomic E-state index is 0.0571. The third kappa shape index (κ3) is 6.49. The molecule has 2 atom stereocenters. The van der Waals surface area contributed by atoms with Crippen LogP contribution >= 0.6 is 11.6 Å². The van der Waals surface area contributed by atoms with Crippen molar-refractivity contribution in [1.29, 1.82) is 0 Å². The molecule has 2 aromatic carbocycles. The summed E-state index contributed by atoms with van der Waals surface area (Å²) < 4.78 is 0. The Bertz CT molecular complexity index is 787. The molecule has 2 aliphatic rings. The number of benzene rings is 2. The van der Waals surface area contributed by atoms with Gasteiger partial charge in [-0.15, -0.1) is 0 Å². The maximum absolute atomic E-state index is 10.9. The van der Waals surface area contributed by atoms with Crippen molar-refractivity contribution in [1.82, 2.24) is 5.32 Å². The van der Waals surface area contributed by atoms with E-state index in [-0.39, 0.29) is 17.2 Å². The summed E-state index contributed by atoms with van der Waals surface area (Å²) in [5.74, 6) is 0.0571. The second kappa shape index (κ2) is 10.2. The van der Waals surface area contributed by atoms with Crippen LogP contribution in [0.2, 0.25) is 0 Å². The van der Waals surface area contributed by atoms with Gasteiger partial charge >= 0.3 is 0 Å². The molecule has 27 heavy (non-hydrogen) atoms. The SMILES string of the molecule is CC(=O)Cl.CC(=O)NC1CCc2ccccc21.NC1CCc2ccccc21. The molecular formula is C22H27ClN2O2. The van der Waals surface area contributed by atoms with Crippen molar-refractivity contribution < 1.29 is 9.59 Å². The Morgan fingerprint density at radius 2 is 1.41 bits per heavy atom. The lowest BCUT2D eigenvalue weighted by molar-refractivity contribution is -0.119. The molecule has 5 heteroatoms. The molecule has 2 aromatic rings. The van der Waals surface area contributed by atoms with Crippen molar-refractivity contribution >= 4 is 22.8 Å². The van der Waals surface area contributed by atoms with Gasteiger partial charge in [-0.2, -0.15) is 0 Å². The maximum atomic E-state index is 10.9. The fourth-order valence-electron chi connectivity index (χ4n) is 3.54. The Morgan fingerprint density at radius 1 is 0.926 bits per heavy atom. The van der Waals surface area contributed by atoms with Gasteiger partial charge in [-0.05, 0) is 59.5 Å². The minimum Gasteiger partial charge on any atom is -0.350 e. The van der Waals surface area contributed by atoms with Crippen LogP contribution in [0.15, 0.2) is 48.5 Å². The number of fused-ring (bicyclic) bond motifs is 2. The molecule has 0 bridgehead atoms. The van der Waals surface area contributed by atoms with Crippen LogP contribution in [0.4, 0.5) is 0 Å². The molecule has 4 nitrogen and oxygen atoms in total. The molecule has 0 saturated heterocycles. The van der Waals surface area contributed by atoms with Gasteiger partial charge < -0.3 is 11.1 Å². The van der Waals surface area contributed by atoms with Crippen LogP contribution in [0.25, 0.3) is 0 Å². The zero-order valence-electron chi connectivity index (χ0n) is 15.9. The summed E-state index contributed by atoms with van der Waals surface area (Å²) in [6.07, 6.45) is 4.41. The van der Waals surface area contributed by atoms with E-state index in [4.69, 9.17) is 5.73 Å². The van der Waals surface area contributed by atoms with E-state index < -0.39 is 0 Å². The quantitative estimate of drug-likeness (QED) is 0.721. The van der Waals surface area contributed by atoms with Crippen LogP contribution in [0, 0.1) is 0 Å². The first-order valence-electron chi connectivity index (χ1n) is 9.22. The zero-order valence-corrected chi connectivity index (χ0v) is 16.6. The molecular weight excluding hydrogens is 360 g/mol. The maximum Gasteiger partial charge on any atom is 0.218 e. The Morgan fingerprint density at radius 3 is 1.96 bits per heavy atom. The van der Waals surface area contributed by atoms with Gasteiger partial charge in [0.05, 0.1) is 6.04 Å². The summed E-state index contributed by atoms with van der Waals surface area (Å²) in [4.78, 5) is 20.1. The van der Waals surface area contributed by atoms with Crippen LogP contribution in [0.3, 0.4) is 0 Å². The van der Waals surface area contributed by atoms with E-state index >= 15 is 0 Å². The van der Waals surface area contributed by atoms with Gasteiger partial charge in [-0.1, -0.05) is 48.5 Å². The highest BCUT2D eigenvalue weighted by atomic mass is 35.5. The monoisotopic (exact) mass is 386 g/mol. The topological polar surface area (TPSA) is 72.2 Å². The molecule has 0 aromatic heterocycles.